The summed E-state index contributed by atoms with van der Waals surface area (Å²) in [7, 11) is 1.64. The number of piperidine rings is 1. The van der Waals surface area contributed by atoms with Gasteiger partial charge in [0, 0.05) is 64.0 Å². The van der Waals surface area contributed by atoms with E-state index in [0.717, 1.165) is 18.7 Å². The number of aryl methyl sites for hydroxylation is 2. The smallest absolute Gasteiger partial charge is 0.224 e. The van der Waals surface area contributed by atoms with Gasteiger partial charge < -0.3 is 24.4 Å². The first-order valence-electron chi connectivity index (χ1n) is 9.12. The number of carbonyl (C=O) groups excluding carboxylic acids is 1. The lowest BCUT2D eigenvalue weighted by Gasteiger charge is -2.45. The minimum Gasteiger partial charge on any atom is -0.396 e. The zero-order valence-electron chi connectivity index (χ0n) is 15.4. The summed E-state index contributed by atoms with van der Waals surface area (Å²) in [5.41, 5.74) is -0.643. The number of aromatic nitrogens is 2. The summed E-state index contributed by atoms with van der Waals surface area (Å²) in [6, 6.07) is 0. The summed E-state index contributed by atoms with van der Waals surface area (Å²) in [6.07, 6.45) is 6.21. The SMILES string of the molecule is CCc1nccn1CCC(=O)N1CC[C@@H](O)[C@@](CO)(CCCOC)C1. The number of imidazole rings is 1. The van der Waals surface area contributed by atoms with Gasteiger partial charge in [0.2, 0.25) is 5.91 Å². The molecule has 2 heterocycles. The van der Waals surface area contributed by atoms with Crippen molar-refractivity contribution in [3.8, 4) is 0 Å². The molecular formula is C18H31N3O4. The largest absolute Gasteiger partial charge is 0.396 e. The second kappa shape index (κ2) is 9.31. The van der Waals surface area contributed by atoms with Crippen molar-refractivity contribution < 1.29 is 19.7 Å². The van der Waals surface area contributed by atoms with Gasteiger partial charge in [-0.15, -0.1) is 0 Å². The molecular weight excluding hydrogens is 322 g/mol. The van der Waals surface area contributed by atoms with Gasteiger partial charge in [0.15, 0.2) is 0 Å². The van der Waals surface area contributed by atoms with Crippen molar-refractivity contribution in [2.24, 2.45) is 5.41 Å². The molecule has 1 saturated heterocycles. The van der Waals surface area contributed by atoms with Crippen LogP contribution < -0.4 is 0 Å². The van der Waals surface area contributed by atoms with E-state index >= 15 is 0 Å². The number of methoxy groups -OCH3 is 1. The van der Waals surface area contributed by atoms with Crippen LogP contribution in [0.15, 0.2) is 12.4 Å². The maximum atomic E-state index is 12.6. The van der Waals surface area contributed by atoms with Crippen LogP contribution in [0.3, 0.4) is 0 Å². The minimum absolute atomic E-state index is 0.0622. The number of amides is 1. The molecule has 7 nitrogen and oxygen atoms in total. The van der Waals surface area contributed by atoms with Crippen molar-refractivity contribution in [1.29, 1.82) is 0 Å². The highest BCUT2D eigenvalue weighted by Crippen LogP contribution is 2.35. The Morgan fingerprint density at radius 1 is 1.52 bits per heavy atom. The molecule has 0 bridgehead atoms. The lowest BCUT2D eigenvalue weighted by Crippen LogP contribution is -2.55. The van der Waals surface area contributed by atoms with E-state index in [9.17, 15) is 15.0 Å². The van der Waals surface area contributed by atoms with Gasteiger partial charge >= 0.3 is 0 Å². The summed E-state index contributed by atoms with van der Waals surface area (Å²) in [6.45, 7) is 4.06. The van der Waals surface area contributed by atoms with Gasteiger partial charge in [-0.2, -0.15) is 0 Å². The second-order valence-corrected chi connectivity index (χ2v) is 6.88. The number of hydrogen-bond donors (Lipinski definition) is 2. The Balaban J connectivity index is 1.95. The monoisotopic (exact) mass is 353 g/mol. The van der Waals surface area contributed by atoms with Crippen LogP contribution in [0, 0.1) is 5.41 Å². The van der Waals surface area contributed by atoms with Gasteiger partial charge in [-0.3, -0.25) is 4.79 Å². The number of hydrogen-bond acceptors (Lipinski definition) is 5. The summed E-state index contributed by atoms with van der Waals surface area (Å²) >= 11 is 0. The van der Waals surface area contributed by atoms with Gasteiger partial charge in [-0.05, 0) is 19.3 Å². The Morgan fingerprint density at radius 2 is 2.32 bits per heavy atom. The van der Waals surface area contributed by atoms with Crippen LogP contribution in [0.2, 0.25) is 0 Å². The van der Waals surface area contributed by atoms with Crippen molar-refractivity contribution in [1.82, 2.24) is 14.5 Å². The van der Waals surface area contributed by atoms with Gasteiger partial charge in [0.25, 0.3) is 0 Å². The first-order chi connectivity index (χ1) is 12.1. The molecule has 142 valence electrons. The molecule has 1 amide bonds. The molecule has 1 aromatic heterocycles. The number of likely N-dealkylation sites (tertiary alicyclic amines) is 1. The molecule has 7 heteroatoms. The van der Waals surface area contributed by atoms with E-state index in [1.807, 2.05) is 17.7 Å². The molecule has 1 aromatic rings. The van der Waals surface area contributed by atoms with E-state index < -0.39 is 11.5 Å². The van der Waals surface area contributed by atoms with Crippen LogP contribution in [0.1, 0.15) is 38.4 Å². The Morgan fingerprint density at radius 3 is 3.00 bits per heavy atom. The summed E-state index contributed by atoms with van der Waals surface area (Å²) in [5, 5.41) is 20.3. The van der Waals surface area contributed by atoms with Crippen LogP contribution >= 0.6 is 0 Å². The van der Waals surface area contributed by atoms with Crippen molar-refractivity contribution in [2.45, 2.75) is 51.7 Å². The van der Waals surface area contributed by atoms with Gasteiger partial charge in [-0.1, -0.05) is 6.92 Å². The molecule has 2 atom stereocenters. The molecule has 0 saturated carbocycles. The fourth-order valence-electron chi connectivity index (χ4n) is 3.64. The van der Waals surface area contributed by atoms with Crippen LogP contribution in [0.25, 0.3) is 0 Å². The van der Waals surface area contributed by atoms with Crippen molar-refractivity contribution >= 4 is 5.91 Å². The van der Waals surface area contributed by atoms with Gasteiger partial charge in [-0.25, -0.2) is 4.98 Å². The quantitative estimate of drug-likeness (QED) is 0.642. The van der Waals surface area contributed by atoms with E-state index in [2.05, 4.69) is 4.98 Å². The maximum absolute atomic E-state index is 12.6. The van der Waals surface area contributed by atoms with E-state index in [1.165, 1.54) is 0 Å². The van der Waals surface area contributed by atoms with E-state index in [0.29, 0.717) is 45.5 Å². The highest BCUT2D eigenvalue weighted by Gasteiger charge is 2.43. The molecule has 0 aromatic carbocycles. The molecule has 1 aliphatic rings. The molecule has 25 heavy (non-hydrogen) atoms. The zero-order valence-corrected chi connectivity index (χ0v) is 15.4. The van der Waals surface area contributed by atoms with Crippen LogP contribution in [0.4, 0.5) is 0 Å². The van der Waals surface area contributed by atoms with Crippen molar-refractivity contribution in [2.75, 3.05) is 33.4 Å². The molecule has 1 fully saturated rings. The Hall–Kier alpha value is -1.44. The zero-order chi connectivity index (χ0) is 18.3. The molecule has 0 unspecified atom stereocenters. The van der Waals surface area contributed by atoms with Crippen LogP contribution in [-0.2, 0) is 22.5 Å². The lowest BCUT2D eigenvalue weighted by atomic mass is 9.74. The predicted molar refractivity (Wildman–Crippen MR) is 94.1 cm³/mol. The fourth-order valence-corrected chi connectivity index (χ4v) is 3.64. The summed E-state index contributed by atoms with van der Waals surface area (Å²) in [4.78, 5) is 18.7. The van der Waals surface area contributed by atoms with E-state index in [1.54, 1.807) is 18.2 Å². The topological polar surface area (TPSA) is 87.8 Å². The van der Waals surface area contributed by atoms with Crippen LogP contribution in [-0.4, -0.2) is 70.1 Å². The van der Waals surface area contributed by atoms with Crippen molar-refractivity contribution in [3.05, 3.63) is 18.2 Å². The number of nitrogens with zero attached hydrogens (tertiary/aromatic N) is 3. The van der Waals surface area contributed by atoms with E-state index in [-0.39, 0.29) is 12.5 Å². The molecule has 2 rings (SSSR count). The summed E-state index contributed by atoms with van der Waals surface area (Å²) < 4.78 is 7.09. The van der Waals surface area contributed by atoms with Crippen molar-refractivity contribution in [3.63, 3.8) is 0 Å². The van der Waals surface area contributed by atoms with Crippen LogP contribution in [0.5, 0.6) is 0 Å². The number of carbonyl (C=O) groups is 1. The lowest BCUT2D eigenvalue weighted by molar-refractivity contribution is -0.143. The Bertz CT molecular complexity index is 548. The fraction of sp³-hybridized carbons (Fsp3) is 0.778. The number of rotatable bonds is 9. The normalized spacial score (nSPS) is 23.8. The molecule has 0 spiro atoms. The molecule has 0 radical (unpaired) electrons. The third kappa shape index (κ3) is 4.80. The average molecular weight is 353 g/mol. The number of aliphatic hydroxyl groups excluding tert-OH is 2. The predicted octanol–water partition coefficient (Wildman–Crippen LogP) is 0.834. The summed E-state index contributed by atoms with van der Waals surface area (Å²) in [5.74, 6) is 1.04. The number of aliphatic hydroxyl groups is 2. The van der Waals surface area contributed by atoms with E-state index in [4.69, 9.17) is 4.74 Å². The highest BCUT2D eigenvalue weighted by atomic mass is 16.5. The maximum Gasteiger partial charge on any atom is 0.224 e. The first-order valence-corrected chi connectivity index (χ1v) is 9.12. The van der Waals surface area contributed by atoms with Gasteiger partial charge in [0.05, 0.1) is 12.7 Å². The highest BCUT2D eigenvalue weighted by molar-refractivity contribution is 5.76. The molecule has 2 N–H and O–H groups in total. The Kier molecular flexibility index (Phi) is 7.40. The van der Waals surface area contributed by atoms with Gasteiger partial charge in [0.1, 0.15) is 5.82 Å². The minimum atomic E-state index is -0.643. The number of ether oxygens (including phenoxy) is 1. The second-order valence-electron chi connectivity index (χ2n) is 6.88. The molecule has 1 aliphatic heterocycles. The third-order valence-electron chi connectivity index (χ3n) is 5.26. The third-order valence-corrected chi connectivity index (χ3v) is 5.26. The standard InChI is InChI=1S/C18H31N3O4/c1-3-16-19-8-11-20(16)10-6-17(24)21-9-5-15(23)18(13-21,14-22)7-4-12-25-2/h8,11,15,22-23H,3-7,9-10,12-14H2,1-2H3/t15-,18+/m1/s1. The molecule has 0 aliphatic carbocycles. The first kappa shape index (κ1) is 19.9. The Labute approximate surface area is 149 Å². The average Bonchev–Trinajstić information content (AvgIpc) is 3.09.